The summed E-state index contributed by atoms with van der Waals surface area (Å²) in [6.45, 7) is 0.358. The number of halogens is 8. The van der Waals surface area contributed by atoms with Gasteiger partial charge in [0.15, 0.2) is 0 Å². The van der Waals surface area contributed by atoms with Crippen LogP contribution in [0.1, 0.15) is 35.4 Å². The topological polar surface area (TPSA) is 20.3 Å². The van der Waals surface area contributed by atoms with Gasteiger partial charge in [0.1, 0.15) is 0 Å². The molecule has 1 unspecified atom stereocenters. The number of carbonyl (C=O) groups is 1. The number of carbonyl (C=O) groups excluding carboxylic acids is 1. The molecule has 2 atom stereocenters. The molecule has 10 heteroatoms. The number of amides is 1. The van der Waals surface area contributed by atoms with Gasteiger partial charge in [-0.2, -0.15) is 26.3 Å². The highest BCUT2D eigenvalue weighted by Crippen LogP contribution is 2.54. The molecule has 1 fully saturated rings. The SMILES string of the molecule is O=C(Cl)N1CCC2c3ccc(C(F)(C(F)(F)F)C(F)(F)F)cc3CC[C@H]21. The van der Waals surface area contributed by atoms with Crippen molar-refractivity contribution in [2.24, 2.45) is 0 Å². The zero-order chi connectivity index (χ0) is 19.5. The first-order valence-corrected chi connectivity index (χ1v) is 8.17. The maximum absolute atomic E-state index is 14.2. The molecule has 0 N–H and O–H groups in total. The Morgan fingerprint density at radius 2 is 1.65 bits per heavy atom. The van der Waals surface area contributed by atoms with Gasteiger partial charge in [0.25, 0.3) is 0 Å². The van der Waals surface area contributed by atoms with Gasteiger partial charge in [-0.05, 0) is 42.0 Å². The first-order chi connectivity index (χ1) is 11.9. The molecule has 1 amide bonds. The molecule has 0 saturated carbocycles. The Bertz CT molecular complexity index is 716. The van der Waals surface area contributed by atoms with E-state index in [1.165, 1.54) is 4.90 Å². The average molecular weight is 404 g/mol. The maximum Gasteiger partial charge on any atom is 0.435 e. The summed E-state index contributed by atoms with van der Waals surface area (Å²) in [5.41, 5.74) is -6.13. The van der Waals surface area contributed by atoms with Crippen molar-refractivity contribution in [2.75, 3.05) is 6.54 Å². The molecule has 1 heterocycles. The lowest BCUT2D eigenvalue weighted by Crippen LogP contribution is -2.50. The van der Waals surface area contributed by atoms with Gasteiger partial charge in [-0.25, -0.2) is 4.39 Å². The lowest BCUT2D eigenvalue weighted by molar-refractivity contribution is -0.348. The number of hydrogen-bond acceptors (Lipinski definition) is 1. The zero-order valence-electron chi connectivity index (χ0n) is 13.1. The van der Waals surface area contributed by atoms with E-state index in [2.05, 4.69) is 0 Å². The molecule has 1 aromatic rings. The van der Waals surface area contributed by atoms with Crippen LogP contribution in [0.2, 0.25) is 0 Å². The molecule has 1 aliphatic carbocycles. The summed E-state index contributed by atoms with van der Waals surface area (Å²) in [6, 6.07) is 2.04. The fourth-order valence-corrected chi connectivity index (χ4v) is 4.19. The Morgan fingerprint density at radius 3 is 2.19 bits per heavy atom. The van der Waals surface area contributed by atoms with Crippen molar-refractivity contribution < 1.29 is 35.5 Å². The maximum atomic E-state index is 14.2. The van der Waals surface area contributed by atoms with E-state index in [4.69, 9.17) is 11.6 Å². The molecule has 144 valence electrons. The summed E-state index contributed by atoms with van der Waals surface area (Å²) in [7, 11) is 0. The predicted molar refractivity (Wildman–Crippen MR) is 78.8 cm³/mol. The molecule has 0 aromatic heterocycles. The molecule has 0 radical (unpaired) electrons. The van der Waals surface area contributed by atoms with Crippen molar-refractivity contribution in [3.63, 3.8) is 0 Å². The van der Waals surface area contributed by atoms with Crippen molar-refractivity contribution >= 4 is 17.0 Å². The van der Waals surface area contributed by atoms with Crippen LogP contribution in [0.4, 0.5) is 35.5 Å². The van der Waals surface area contributed by atoms with Crippen LogP contribution in [0.5, 0.6) is 0 Å². The minimum absolute atomic E-state index is 0.136. The molecule has 26 heavy (non-hydrogen) atoms. The number of nitrogens with zero attached hydrogens (tertiary/aromatic N) is 1. The molecular formula is C16H13ClF7NO. The fourth-order valence-electron chi connectivity index (χ4n) is 3.98. The number of aryl methyl sites for hydroxylation is 1. The largest absolute Gasteiger partial charge is 0.435 e. The van der Waals surface area contributed by atoms with Crippen molar-refractivity contribution in [2.45, 2.75) is 49.2 Å². The molecule has 3 rings (SSSR count). The second-order valence-electron chi connectivity index (χ2n) is 6.52. The zero-order valence-corrected chi connectivity index (χ0v) is 13.9. The summed E-state index contributed by atoms with van der Waals surface area (Å²) in [6.07, 6.45) is -11.3. The summed E-state index contributed by atoms with van der Waals surface area (Å²) in [5.74, 6) is -0.235. The molecular weight excluding hydrogens is 391 g/mol. The number of likely N-dealkylation sites (tertiary alicyclic amines) is 1. The molecule has 1 aliphatic heterocycles. The van der Waals surface area contributed by atoms with Gasteiger partial charge in [0.2, 0.25) is 0 Å². The number of benzene rings is 1. The summed E-state index contributed by atoms with van der Waals surface area (Å²) >= 11 is 5.50. The van der Waals surface area contributed by atoms with Gasteiger partial charge in [-0.1, -0.05) is 18.2 Å². The van der Waals surface area contributed by atoms with Crippen LogP contribution >= 0.6 is 11.6 Å². The fraction of sp³-hybridized carbons (Fsp3) is 0.562. The van der Waals surface area contributed by atoms with Gasteiger partial charge in [-0.3, -0.25) is 4.79 Å². The Kier molecular flexibility index (Phi) is 4.45. The van der Waals surface area contributed by atoms with Crippen LogP contribution in [0.25, 0.3) is 0 Å². The van der Waals surface area contributed by atoms with Gasteiger partial charge in [0, 0.05) is 24.1 Å². The molecule has 1 aromatic carbocycles. The monoisotopic (exact) mass is 403 g/mol. The van der Waals surface area contributed by atoms with E-state index in [9.17, 15) is 35.5 Å². The van der Waals surface area contributed by atoms with E-state index in [1.807, 2.05) is 0 Å². The van der Waals surface area contributed by atoms with E-state index in [0.29, 0.717) is 37.1 Å². The Hall–Kier alpha value is -1.51. The van der Waals surface area contributed by atoms with Gasteiger partial charge < -0.3 is 4.90 Å². The standard InChI is InChI=1S/C16H13ClF7NO/c17-13(26)25-6-5-11-10-3-2-9(7-8(10)1-4-12(11)25)14(18,15(19,20)21)16(22,23)24/h2-3,7,11-12H,1,4-6H2/t11?,12-/m1/s1. The summed E-state index contributed by atoms with van der Waals surface area (Å²) in [5, 5.41) is -0.644. The third-order valence-corrected chi connectivity index (χ3v) is 5.42. The van der Waals surface area contributed by atoms with Crippen molar-refractivity contribution in [1.29, 1.82) is 0 Å². The minimum Gasteiger partial charge on any atom is -0.326 e. The van der Waals surface area contributed by atoms with E-state index >= 15 is 0 Å². The van der Waals surface area contributed by atoms with E-state index in [1.54, 1.807) is 0 Å². The predicted octanol–water partition coefficient (Wildman–Crippen LogP) is 5.44. The lowest BCUT2D eigenvalue weighted by Gasteiger charge is -2.34. The Morgan fingerprint density at radius 1 is 1.04 bits per heavy atom. The van der Waals surface area contributed by atoms with Crippen LogP contribution < -0.4 is 0 Å². The highest BCUT2D eigenvalue weighted by molar-refractivity contribution is 6.62. The molecule has 2 aliphatic rings. The molecule has 1 saturated heterocycles. The minimum atomic E-state index is -6.13. The Labute approximate surface area is 148 Å². The summed E-state index contributed by atoms with van der Waals surface area (Å²) in [4.78, 5) is 12.8. The second-order valence-corrected chi connectivity index (χ2v) is 6.84. The van der Waals surface area contributed by atoms with Crippen LogP contribution in [-0.4, -0.2) is 35.2 Å². The highest BCUT2D eigenvalue weighted by atomic mass is 35.5. The number of alkyl halides is 7. The van der Waals surface area contributed by atoms with E-state index in [0.717, 1.165) is 6.07 Å². The average Bonchev–Trinajstić information content (AvgIpc) is 2.95. The quantitative estimate of drug-likeness (QED) is 0.347. The van der Waals surface area contributed by atoms with Gasteiger partial charge in [0.05, 0.1) is 0 Å². The van der Waals surface area contributed by atoms with E-state index < -0.39 is 29.0 Å². The number of hydrogen-bond donors (Lipinski definition) is 0. The first-order valence-electron chi connectivity index (χ1n) is 7.79. The van der Waals surface area contributed by atoms with Crippen LogP contribution in [-0.2, 0) is 12.1 Å². The third kappa shape index (κ3) is 2.75. The smallest absolute Gasteiger partial charge is 0.326 e. The molecule has 2 nitrogen and oxygen atoms in total. The number of fused-ring (bicyclic) bond motifs is 3. The molecule has 0 bridgehead atoms. The summed E-state index contributed by atoms with van der Waals surface area (Å²) < 4.78 is 91.7. The first kappa shape index (κ1) is 19.3. The van der Waals surface area contributed by atoms with Crippen LogP contribution in [0.3, 0.4) is 0 Å². The van der Waals surface area contributed by atoms with Crippen molar-refractivity contribution in [3.05, 3.63) is 34.9 Å². The lowest BCUT2D eigenvalue weighted by atomic mass is 9.77. The Balaban J connectivity index is 2.02. The van der Waals surface area contributed by atoms with Crippen molar-refractivity contribution in [1.82, 2.24) is 4.90 Å². The van der Waals surface area contributed by atoms with Crippen LogP contribution in [0, 0.1) is 0 Å². The van der Waals surface area contributed by atoms with Crippen molar-refractivity contribution in [3.8, 4) is 0 Å². The van der Waals surface area contributed by atoms with Crippen LogP contribution in [0.15, 0.2) is 18.2 Å². The normalized spacial score (nSPS) is 23.6. The van der Waals surface area contributed by atoms with Gasteiger partial charge in [-0.15, -0.1) is 0 Å². The van der Waals surface area contributed by atoms with E-state index in [-0.39, 0.29) is 23.9 Å². The molecule has 0 spiro atoms. The highest BCUT2D eigenvalue weighted by Gasteiger charge is 2.73. The number of rotatable bonds is 1. The third-order valence-electron chi connectivity index (χ3n) is 5.20. The van der Waals surface area contributed by atoms with Gasteiger partial charge >= 0.3 is 23.4 Å². The second kappa shape index (κ2) is 6.00.